The first-order valence-corrected chi connectivity index (χ1v) is 17.5. The highest BCUT2D eigenvalue weighted by molar-refractivity contribution is 5.66. The summed E-state index contributed by atoms with van der Waals surface area (Å²) in [5.41, 5.74) is 0.857. The lowest BCUT2D eigenvalue weighted by atomic mass is 9.97. The fraction of sp³-hybridized carbons (Fsp3) is 0.579. The largest absolute Gasteiger partial charge is 0.494 e. The minimum Gasteiger partial charge on any atom is -0.494 e. The molecule has 2 heterocycles. The Balaban J connectivity index is 1.08. The molecule has 3 aromatic rings. The number of fused-ring (bicyclic) bond motifs is 1. The molecule has 8 heteroatoms. The number of hydrogen-bond acceptors (Lipinski definition) is 5. The average molecular weight is 639 g/mol. The minimum atomic E-state index is -3.41. The fourth-order valence-corrected chi connectivity index (χ4v) is 6.03. The van der Waals surface area contributed by atoms with Gasteiger partial charge < -0.3 is 14.2 Å². The molecule has 1 aliphatic heterocycles. The Kier molecular flexibility index (Phi) is 12.8. The maximum atomic E-state index is 15.6. The molecule has 1 aliphatic carbocycles. The van der Waals surface area contributed by atoms with Crippen LogP contribution in [0, 0.1) is 11.7 Å². The molecule has 0 amide bonds. The Morgan fingerprint density at radius 2 is 1.41 bits per heavy atom. The van der Waals surface area contributed by atoms with Crippen LogP contribution in [0.3, 0.4) is 0 Å². The molecule has 1 saturated carbocycles. The number of alkyl halides is 2. The molecule has 2 aliphatic rings. The van der Waals surface area contributed by atoms with Crippen molar-refractivity contribution in [1.82, 2.24) is 9.97 Å². The van der Waals surface area contributed by atoms with Crippen molar-refractivity contribution in [2.75, 3.05) is 19.8 Å². The molecular weight excluding hydrogens is 589 g/mol. The summed E-state index contributed by atoms with van der Waals surface area (Å²) in [7, 11) is 0. The highest BCUT2D eigenvalue weighted by Gasteiger charge is 2.53. The molecule has 1 unspecified atom stereocenters. The van der Waals surface area contributed by atoms with Crippen molar-refractivity contribution in [1.29, 1.82) is 0 Å². The van der Waals surface area contributed by atoms with Crippen molar-refractivity contribution in [3.8, 4) is 34.0 Å². The molecule has 0 spiro atoms. The van der Waals surface area contributed by atoms with Gasteiger partial charge in [0.2, 0.25) is 0 Å². The molecule has 5 nitrogen and oxygen atoms in total. The van der Waals surface area contributed by atoms with Crippen molar-refractivity contribution < 1.29 is 27.4 Å². The van der Waals surface area contributed by atoms with Gasteiger partial charge in [-0.3, -0.25) is 0 Å². The van der Waals surface area contributed by atoms with Gasteiger partial charge in [-0.15, -0.1) is 0 Å². The molecule has 5 rings (SSSR count). The van der Waals surface area contributed by atoms with Gasteiger partial charge in [0, 0.05) is 31.2 Å². The van der Waals surface area contributed by atoms with Crippen molar-refractivity contribution in [2.24, 2.45) is 5.92 Å². The second-order valence-corrected chi connectivity index (χ2v) is 12.9. The van der Waals surface area contributed by atoms with E-state index in [1.807, 2.05) is 24.3 Å². The maximum Gasteiger partial charge on any atom is 0.315 e. The molecule has 0 bridgehead atoms. The summed E-state index contributed by atoms with van der Waals surface area (Å²) in [5.74, 6) is -2.71. The van der Waals surface area contributed by atoms with E-state index in [2.05, 4.69) is 16.9 Å². The SMILES string of the molecule is CCCCOCCCCOc1ccc(-c2cnc(-c3ccc4c(c3F)C(F)(F)C(CCCCCCCCCC3CC3)O4)nc2)cc1. The number of nitrogens with zero attached hydrogens (tertiary/aromatic N) is 2. The molecule has 1 aromatic heterocycles. The van der Waals surface area contributed by atoms with Crippen molar-refractivity contribution in [3.05, 3.63) is 60.2 Å². The fourth-order valence-electron chi connectivity index (χ4n) is 6.03. The number of halogens is 3. The van der Waals surface area contributed by atoms with Crippen LogP contribution < -0.4 is 9.47 Å². The molecule has 250 valence electrons. The van der Waals surface area contributed by atoms with E-state index in [4.69, 9.17) is 14.2 Å². The zero-order valence-corrected chi connectivity index (χ0v) is 27.3. The van der Waals surface area contributed by atoms with Crippen molar-refractivity contribution in [3.63, 3.8) is 0 Å². The molecular formula is C38H49F3N2O3. The van der Waals surface area contributed by atoms with Crippen LogP contribution in [0.25, 0.3) is 22.5 Å². The van der Waals surface area contributed by atoms with Gasteiger partial charge in [0.1, 0.15) is 22.9 Å². The Morgan fingerprint density at radius 3 is 2.11 bits per heavy atom. The maximum absolute atomic E-state index is 15.6. The summed E-state index contributed by atoms with van der Waals surface area (Å²) in [4.78, 5) is 8.65. The molecule has 2 aromatic carbocycles. The number of rotatable bonds is 21. The minimum absolute atomic E-state index is 0.0547. The van der Waals surface area contributed by atoms with Crippen molar-refractivity contribution >= 4 is 0 Å². The Bertz CT molecular complexity index is 1350. The van der Waals surface area contributed by atoms with E-state index in [0.29, 0.717) is 13.0 Å². The molecule has 1 atom stereocenters. The third-order valence-corrected chi connectivity index (χ3v) is 9.06. The molecule has 0 radical (unpaired) electrons. The highest BCUT2D eigenvalue weighted by Crippen LogP contribution is 2.50. The number of ether oxygens (including phenoxy) is 3. The average Bonchev–Trinajstić information content (AvgIpc) is 3.85. The second-order valence-electron chi connectivity index (χ2n) is 12.9. The van der Waals surface area contributed by atoms with Crippen LogP contribution in [0.15, 0.2) is 48.8 Å². The summed E-state index contributed by atoms with van der Waals surface area (Å²) < 4.78 is 63.4. The lowest BCUT2D eigenvalue weighted by Gasteiger charge is -2.18. The standard InChI is InChI=1S/C38H49F3N2O3/c1-2-3-23-44-24-11-12-25-45-31-19-17-29(18-20-31)30-26-42-37(43-27-30)32-21-22-33-35(36(32)39)38(40,41)34(46-33)14-10-8-6-4-5-7-9-13-28-15-16-28/h17-22,26-28,34H,2-16,23-25H2,1H3. The van der Waals surface area contributed by atoms with Crippen LogP contribution in [0.2, 0.25) is 0 Å². The first kappa shape index (κ1) is 34.2. The third kappa shape index (κ3) is 9.46. The first-order chi connectivity index (χ1) is 22.5. The molecule has 0 N–H and O–H groups in total. The smallest absolute Gasteiger partial charge is 0.315 e. The van der Waals surface area contributed by atoms with Gasteiger partial charge in [0.05, 0.1) is 12.2 Å². The van der Waals surface area contributed by atoms with E-state index < -0.39 is 23.4 Å². The van der Waals surface area contributed by atoms with Gasteiger partial charge in [0.15, 0.2) is 11.9 Å². The summed E-state index contributed by atoms with van der Waals surface area (Å²) >= 11 is 0. The highest BCUT2D eigenvalue weighted by atomic mass is 19.3. The van der Waals surface area contributed by atoms with E-state index in [-0.39, 0.29) is 23.6 Å². The van der Waals surface area contributed by atoms with Gasteiger partial charge in [-0.2, -0.15) is 8.78 Å². The van der Waals surface area contributed by atoms with E-state index in [0.717, 1.165) is 81.0 Å². The van der Waals surface area contributed by atoms with Crippen LogP contribution in [0.1, 0.15) is 109 Å². The van der Waals surface area contributed by atoms with Crippen LogP contribution in [0.4, 0.5) is 13.2 Å². The summed E-state index contributed by atoms with van der Waals surface area (Å²) in [6, 6.07) is 10.4. The predicted octanol–water partition coefficient (Wildman–Crippen LogP) is 10.7. The topological polar surface area (TPSA) is 53.5 Å². The molecule has 1 fully saturated rings. The van der Waals surface area contributed by atoms with E-state index in [1.165, 1.54) is 50.7 Å². The van der Waals surface area contributed by atoms with Crippen molar-refractivity contribution in [2.45, 2.75) is 115 Å². The molecule has 0 saturated heterocycles. The van der Waals surface area contributed by atoms with Crippen LogP contribution in [-0.4, -0.2) is 35.9 Å². The van der Waals surface area contributed by atoms with Gasteiger partial charge >= 0.3 is 5.92 Å². The summed E-state index contributed by atoms with van der Waals surface area (Å²) in [5, 5.41) is 0. The number of unbranched alkanes of at least 4 members (excludes halogenated alkanes) is 8. The van der Waals surface area contributed by atoms with E-state index in [1.54, 1.807) is 12.4 Å². The van der Waals surface area contributed by atoms with E-state index in [9.17, 15) is 0 Å². The summed E-state index contributed by atoms with van der Waals surface area (Å²) in [6.45, 7) is 4.34. The first-order valence-electron chi connectivity index (χ1n) is 17.5. The van der Waals surface area contributed by atoms with Gasteiger partial charge in [-0.05, 0) is 67.9 Å². The third-order valence-electron chi connectivity index (χ3n) is 9.06. The van der Waals surface area contributed by atoms with Crippen LogP contribution in [-0.2, 0) is 10.7 Å². The summed E-state index contributed by atoms with van der Waals surface area (Å²) in [6.07, 6.45) is 17.8. The second kappa shape index (κ2) is 17.1. The lowest BCUT2D eigenvalue weighted by Crippen LogP contribution is -2.30. The van der Waals surface area contributed by atoms with Gasteiger partial charge in [0.25, 0.3) is 0 Å². The zero-order chi connectivity index (χ0) is 32.2. The normalized spacial score (nSPS) is 16.7. The quantitative estimate of drug-likeness (QED) is 0.109. The number of aromatic nitrogens is 2. The lowest BCUT2D eigenvalue weighted by molar-refractivity contribution is -0.0811. The Hall–Kier alpha value is -3.13. The van der Waals surface area contributed by atoms with Gasteiger partial charge in [-0.1, -0.05) is 83.3 Å². The zero-order valence-electron chi connectivity index (χ0n) is 27.3. The monoisotopic (exact) mass is 638 g/mol. The van der Waals surface area contributed by atoms with E-state index >= 15 is 13.2 Å². The Labute approximate surface area is 272 Å². The predicted molar refractivity (Wildman–Crippen MR) is 176 cm³/mol. The van der Waals surface area contributed by atoms with Gasteiger partial charge in [-0.25, -0.2) is 14.4 Å². The Morgan fingerprint density at radius 1 is 0.761 bits per heavy atom. The number of hydrogen-bond donors (Lipinski definition) is 0. The number of benzene rings is 2. The van der Waals surface area contributed by atoms with Crippen LogP contribution in [0.5, 0.6) is 11.5 Å². The molecule has 46 heavy (non-hydrogen) atoms. The van der Waals surface area contributed by atoms with Crippen LogP contribution >= 0.6 is 0 Å².